The van der Waals surface area contributed by atoms with Gasteiger partial charge in [-0.1, -0.05) is 23.8 Å². The Balaban J connectivity index is 1.58. The lowest BCUT2D eigenvalue weighted by atomic mass is 10.0. The Morgan fingerprint density at radius 3 is 2.57 bits per heavy atom. The first kappa shape index (κ1) is 19.6. The maximum atomic E-state index is 12.3. The molecule has 152 valence electrons. The van der Waals surface area contributed by atoms with Gasteiger partial charge in [-0.3, -0.25) is 9.78 Å². The summed E-state index contributed by atoms with van der Waals surface area (Å²) >= 11 is 0. The van der Waals surface area contributed by atoms with Crippen LogP contribution >= 0.6 is 0 Å². The molecule has 0 unspecified atom stereocenters. The minimum Gasteiger partial charge on any atom is -0.478 e. The maximum Gasteiger partial charge on any atom is 0.337 e. The van der Waals surface area contributed by atoms with E-state index in [-0.39, 0.29) is 11.5 Å². The standard InChI is InChI=1S/C24H23N3O3/c1-14-6-9-21(20(10-14)24(29)30)26-19-11-15(2)22(25-13-19)16-4-3-5-17(12-16)23(28)27-18-7-8-18/h3-6,9-13,18,26H,7-8H2,1-2H3,(H,27,28)(H,29,30). The second-order valence-corrected chi connectivity index (χ2v) is 7.70. The zero-order valence-corrected chi connectivity index (χ0v) is 16.9. The molecule has 4 rings (SSSR count). The molecule has 1 fully saturated rings. The number of nitrogens with zero attached hydrogens (tertiary/aromatic N) is 1. The molecule has 0 saturated heterocycles. The molecule has 1 saturated carbocycles. The van der Waals surface area contributed by atoms with E-state index in [1.54, 1.807) is 24.4 Å². The molecule has 6 nitrogen and oxygen atoms in total. The molecule has 0 spiro atoms. The zero-order valence-electron chi connectivity index (χ0n) is 16.9. The predicted molar refractivity (Wildman–Crippen MR) is 116 cm³/mol. The fourth-order valence-electron chi connectivity index (χ4n) is 3.35. The lowest BCUT2D eigenvalue weighted by Gasteiger charge is -2.13. The third-order valence-electron chi connectivity index (χ3n) is 5.07. The number of hydrogen-bond acceptors (Lipinski definition) is 4. The van der Waals surface area contributed by atoms with Gasteiger partial charge >= 0.3 is 5.97 Å². The molecule has 1 aromatic heterocycles. The highest BCUT2D eigenvalue weighted by Crippen LogP contribution is 2.27. The summed E-state index contributed by atoms with van der Waals surface area (Å²) in [6.45, 7) is 3.80. The van der Waals surface area contributed by atoms with Crippen LogP contribution in [0, 0.1) is 13.8 Å². The van der Waals surface area contributed by atoms with Crippen LogP contribution in [-0.2, 0) is 0 Å². The number of carbonyl (C=O) groups is 2. The minimum atomic E-state index is -0.983. The topological polar surface area (TPSA) is 91.3 Å². The third-order valence-corrected chi connectivity index (χ3v) is 5.07. The van der Waals surface area contributed by atoms with Gasteiger partial charge in [0.2, 0.25) is 0 Å². The van der Waals surface area contributed by atoms with E-state index in [1.807, 2.05) is 44.2 Å². The molecular weight excluding hydrogens is 378 g/mol. The van der Waals surface area contributed by atoms with Gasteiger partial charge in [-0.2, -0.15) is 0 Å². The fraction of sp³-hybridized carbons (Fsp3) is 0.208. The normalized spacial score (nSPS) is 13.0. The highest BCUT2D eigenvalue weighted by atomic mass is 16.4. The maximum absolute atomic E-state index is 12.3. The summed E-state index contributed by atoms with van der Waals surface area (Å²) in [5, 5.41) is 15.6. The first-order chi connectivity index (χ1) is 14.4. The molecule has 3 N–H and O–H groups in total. The molecule has 0 atom stereocenters. The van der Waals surface area contributed by atoms with Crippen molar-refractivity contribution in [3.8, 4) is 11.3 Å². The van der Waals surface area contributed by atoms with Gasteiger partial charge in [-0.25, -0.2) is 4.79 Å². The van der Waals surface area contributed by atoms with Gasteiger partial charge in [-0.05, 0) is 62.6 Å². The smallest absolute Gasteiger partial charge is 0.337 e. The molecule has 0 radical (unpaired) electrons. The number of hydrogen-bond donors (Lipinski definition) is 3. The van der Waals surface area contributed by atoms with Gasteiger partial charge in [0.05, 0.1) is 28.8 Å². The number of carboxylic acids is 1. The number of amides is 1. The van der Waals surface area contributed by atoms with Crippen LogP contribution in [0.15, 0.2) is 54.7 Å². The van der Waals surface area contributed by atoms with Crippen LogP contribution in [0.3, 0.4) is 0 Å². The minimum absolute atomic E-state index is 0.0594. The Labute approximate surface area is 175 Å². The van der Waals surface area contributed by atoms with Gasteiger partial charge in [0.25, 0.3) is 5.91 Å². The quantitative estimate of drug-likeness (QED) is 0.557. The monoisotopic (exact) mass is 401 g/mol. The predicted octanol–water partition coefficient (Wildman–Crippen LogP) is 4.70. The number of anilines is 2. The number of nitrogens with one attached hydrogen (secondary N) is 2. The molecule has 1 heterocycles. The van der Waals surface area contributed by atoms with Gasteiger partial charge in [0.15, 0.2) is 0 Å². The number of aryl methyl sites for hydroxylation is 2. The van der Waals surface area contributed by atoms with Crippen molar-refractivity contribution in [2.75, 3.05) is 5.32 Å². The first-order valence-electron chi connectivity index (χ1n) is 9.89. The van der Waals surface area contributed by atoms with Crippen molar-refractivity contribution in [2.45, 2.75) is 32.7 Å². The molecule has 6 heteroatoms. The van der Waals surface area contributed by atoms with Gasteiger partial charge in [0.1, 0.15) is 0 Å². The molecular formula is C24H23N3O3. The summed E-state index contributed by atoms with van der Waals surface area (Å²) in [4.78, 5) is 28.5. The van der Waals surface area contributed by atoms with E-state index in [9.17, 15) is 14.7 Å². The average Bonchev–Trinajstić information content (AvgIpc) is 3.53. The number of aromatic carboxylic acids is 1. The summed E-state index contributed by atoms with van der Waals surface area (Å²) in [6, 6.07) is 14.9. The van der Waals surface area contributed by atoms with Crippen LogP contribution in [0.25, 0.3) is 11.3 Å². The van der Waals surface area contributed by atoms with E-state index in [2.05, 4.69) is 15.6 Å². The van der Waals surface area contributed by atoms with Crippen molar-refractivity contribution < 1.29 is 14.7 Å². The van der Waals surface area contributed by atoms with E-state index in [0.717, 1.165) is 35.2 Å². The van der Waals surface area contributed by atoms with Crippen molar-refractivity contribution in [1.82, 2.24) is 10.3 Å². The van der Waals surface area contributed by atoms with Crippen molar-refractivity contribution in [1.29, 1.82) is 0 Å². The highest BCUT2D eigenvalue weighted by Gasteiger charge is 2.24. The van der Waals surface area contributed by atoms with E-state index in [4.69, 9.17) is 0 Å². The molecule has 0 bridgehead atoms. The van der Waals surface area contributed by atoms with Gasteiger partial charge in [-0.15, -0.1) is 0 Å². The van der Waals surface area contributed by atoms with Crippen LogP contribution in [0.4, 0.5) is 11.4 Å². The molecule has 1 amide bonds. The second kappa shape index (κ2) is 7.99. The van der Waals surface area contributed by atoms with E-state index in [1.165, 1.54) is 0 Å². The zero-order chi connectivity index (χ0) is 21.3. The average molecular weight is 401 g/mol. The van der Waals surface area contributed by atoms with Gasteiger partial charge < -0.3 is 15.7 Å². The first-order valence-corrected chi connectivity index (χ1v) is 9.89. The molecule has 1 aliphatic carbocycles. The summed E-state index contributed by atoms with van der Waals surface area (Å²) in [5.74, 6) is -1.04. The number of aromatic nitrogens is 1. The summed E-state index contributed by atoms with van der Waals surface area (Å²) in [7, 11) is 0. The Morgan fingerprint density at radius 1 is 1.07 bits per heavy atom. The Morgan fingerprint density at radius 2 is 1.87 bits per heavy atom. The van der Waals surface area contributed by atoms with Crippen LogP contribution < -0.4 is 10.6 Å². The Kier molecular flexibility index (Phi) is 5.23. The summed E-state index contributed by atoms with van der Waals surface area (Å²) in [5.41, 5.74) is 5.50. The van der Waals surface area contributed by atoms with Crippen molar-refractivity contribution in [2.24, 2.45) is 0 Å². The largest absolute Gasteiger partial charge is 0.478 e. The lowest BCUT2D eigenvalue weighted by Crippen LogP contribution is -2.25. The van der Waals surface area contributed by atoms with E-state index < -0.39 is 5.97 Å². The van der Waals surface area contributed by atoms with Gasteiger partial charge in [0, 0.05) is 17.2 Å². The van der Waals surface area contributed by atoms with Crippen LogP contribution in [0.2, 0.25) is 0 Å². The van der Waals surface area contributed by atoms with E-state index >= 15 is 0 Å². The number of carboxylic acid groups (broad SMARTS) is 1. The molecule has 30 heavy (non-hydrogen) atoms. The van der Waals surface area contributed by atoms with Crippen LogP contribution in [0.1, 0.15) is 44.7 Å². The van der Waals surface area contributed by atoms with Crippen LogP contribution in [-0.4, -0.2) is 28.0 Å². The SMILES string of the molecule is Cc1ccc(Nc2cnc(-c3cccc(C(=O)NC4CC4)c3)c(C)c2)c(C(=O)O)c1. The Bertz CT molecular complexity index is 1140. The molecule has 3 aromatic rings. The van der Waals surface area contributed by atoms with Crippen molar-refractivity contribution in [3.63, 3.8) is 0 Å². The van der Waals surface area contributed by atoms with Crippen LogP contribution in [0.5, 0.6) is 0 Å². The summed E-state index contributed by atoms with van der Waals surface area (Å²) in [6.07, 6.45) is 3.76. The fourth-order valence-corrected chi connectivity index (χ4v) is 3.35. The lowest BCUT2D eigenvalue weighted by molar-refractivity contribution is 0.0697. The van der Waals surface area contributed by atoms with Crippen molar-refractivity contribution in [3.05, 3.63) is 77.0 Å². The molecule has 2 aromatic carbocycles. The molecule has 1 aliphatic rings. The summed E-state index contributed by atoms with van der Waals surface area (Å²) < 4.78 is 0. The highest BCUT2D eigenvalue weighted by molar-refractivity contribution is 5.96. The molecule has 0 aliphatic heterocycles. The van der Waals surface area contributed by atoms with E-state index in [0.29, 0.717) is 23.0 Å². The second-order valence-electron chi connectivity index (χ2n) is 7.70. The van der Waals surface area contributed by atoms with Crippen molar-refractivity contribution >= 4 is 23.3 Å². The number of rotatable bonds is 6. The Hall–Kier alpha value is -3.67. The number of benzene rings is 2. The number of carbonyl (C=O) groups excluding carboxylic acids is 1. The third kappa shape index (κ3) is 4.33. The number of pyridine rings is 1.